The molecule has 2 amide bonds. The number of hydrogen-bond acceptors (Lipinski definition) is 6. The number of nitrogens with zero attached hydrogens (tertiary/aromatic N) is 2. The van der Waals surface area contributed by atoms with E-state index in [4.69, 9.17) is 10.00 Å². The lowest BCUT2D eigenvalue weighted by atomic mass is 9.75. The standard InChI is InChI=1S/C16H26BN3O5/c1-11(2)8-14(17(23)24)19-16(22)25-10-13-6-4-5-7-20(13)15(21)12(3)9-18/h11,13-14,23-24H,3-8,10H2,1-2H3,(H,19,22)/t13-,14+/m1/s1. The van der Waals surface area contributed by atoms with Gasteiger partial charge in [-0.3, -0.25) is 4.79 Å². The van der Waals surface area contributed by atoms with Crippen molar-refractivity contribution in [2.75, 3.05) is 13.2 Å². The van der Waals surface area contributed by atoms with Crippen molar-refractivity contribution in [2.24, 2.45) is 5.92 Å². The molecule has 1 fully saturated rings. The molecule has 0 spiro atoms. The molecular weight excluding hydrogens is 325 g/mol. The summed E-state index contributed by atoms with van der Waals surface area (Å²) in [6, 6.07) is 1.42. The van der Waals surface area contributed by atoms with Crippen LogP contribution >= 0.6 is 0 Å². The average Bonchev–Trinajstić information content (AvgIpc) is 2.57. The number of piperidine rings is 1. The summed E-state index contributed by atoms with van der Waals surface area (Å²) in [5, 5.41) is 29.9. The normalized spacial score (nSPS) is 18.2. The molecule has 1 heterocycles. The first kappa shape index (κ1) is 21.0. The molecule has 1 aliphatic heterocycles. The topological polar surface area (TPSA) is 123 Å². The van der Waals surface area contributed by atoms with Crippen molar-refractivity contribution in [3.8, 4) is 6.07 Å². The van der Waals surface area contributed by atoms with Gasteiger partial charge < -0.3 is 25.0 Å². The van der Waals surface area contributed by atoms with Crippen LogP contribution in [0.5, 0.6) is 0 Å². The highest BCUT2D eigenvalue weighted by Crippen LogP contribution is 2.19. The van der Waals surface area contributed by atoms with Crippen LogP contribution in [-0.4, -0.2) is 59.2 Å². The van der Waals surface area contributed by atoms with Gasteiger partial charge >= 0.3 is 13.2 Å². The molecule has 9 heteroatoms. The number of amides is 2. The molecule has 0 unspecified atom stereocenters. The number of carbonyl (C=O) groups is 2. The Kier molecular flexibility index (Phi) is 8.45. The fourth-order valence-electron chi connectivity index (χ4n) is 2.79. The number of rotatable bonds is 7. The Bertz CT molecular complexity index is 532. The highest BCUT2D eigenvalue weighted by Gasteiger charge is 2.30. The van der Waals surface area contributed by atoms with E-state index in [1.807, 2.05) is 13.8 Å². The van der Waals surface area contributed by atoms with Crippen LogP contribution < -0.4 is 5.32 Å². The Morgan fingerprint density at radius 3 is 2.68 bits per heavy atom. The van der Waals surface area contributed by atoms with Gasteiger partial charge in [-0.2, -0.15) is 5.26 Å². The van der Waals surface area contributed by atoms with Crippen molar-refractivity contribution in [2.45, 2.75) is 51.5 Å². The molecule has 0 aliphatic carbocycles. The van der Waals surface area contributed by atoms with E-state index >= 15 is 0 Å². The minimum atomic E-state index is -1.68. The molecule has 0 aromatic carbocycles. The van der Waals surface area contributed by atoms with Crippen molar-refractivity contribution in [1.82, 2.24) is 10.2 Å². The van der Waals surface area contributed by atoms with Gasteiger partial charge in [-0.25, -0.2) is 4.79 Å². The molecule has 138 valence electrons. The average molecular weight is 351 g/mol. The molecule has 25 heavy (non-hydrogen) atoms. The van der Waals surface area contributed by atoms with Gasteiger partial charge in [-0.1, -0.05) is 20.4 Å². The number of likely N-dealkylation sites (tertiary alicyclic amines) is 1. The Morgan fingerprint density at radius 1 is 1.44 bits per heavy atom. The van der Waals surface area contributed by atoms with Crippen molar-refractivity contribution in [3.63, 3.8) is 0 Å². The lowest BCUT2D eigenvalue weighted by Gasteiger charge is -2.35. The largest absolute Gasteiger partial charge is 0.475 e. The van der Waals surface area contributed by atoms with E-state index in [1.54, 1.807) is 6.07 Å². The first-order chi connectivity index (χ1) is 11.8. The van der Waals surface area contributed by atoms with Gasteiger partial charge in [0.15, 0.2) is 0 Å². The van der Waals surface area contributed by atoms with E-state index in [9.17, 15) is 19.6 Å². The maximum Gasteiger partial charge on any atom is 0.475 e. The predicted molar refractivity (Wildman–Crippen MR) is 92.0 cm³/mol. The summed E-state index contributed by atoms with van der Waals surface area (Å²) in [7, 11) is -1.68. The molecule has 1 rings (SSSR count). The molecule has 1 aliphatic rings. The third-order valence-corrected chi connectivity index (χ3v) is 4.08. The molecule has 1 saturated heterocycles. The molecule has 0 bridgehead atoms. The number of alkyl carbamates (subject to hydrolysis) is 1. The zero-order valence-electron chi connectivity index (χ0n) is 14.8. The zero-order chi connectivity index (χ0) is 19.0. The van der Waals surface area contributed by atoms with Gasteiger partial charge in [-0.05, 0) is 31.6 Å². The monoisotopic (exact) mass is 351 g/mol. The molecule has 3 N–H and O–H groups in total. The fourth-order valence-corrected chi connectivity index (χ4v) is 2.79. The lowest BCUT2D eigenvalue weighted by molar-refractivity contribution is -0.131. The summed E-state index contributed by atoms with van der Waals surface area (Å²) in [5.41, 5.74) is -0.142. The van der Waals surface area contributed by atoms with E-state index in [1.165, 1.54) is 4.90 Å². The molecule has 0 aromatic heterocycles. The first-order valence-corrected chi connectivity index (χ1v) is 8.45. The maximum absolute atomic E-state index is 12.2. The van der Waals surface area contributed by atoms with Crippen LogP contribution in [0.25, 0.3) is 0 Å². The van der Waals surface area contributed by atoms with Crippen molar-refractivity contribution in [3.05, 3.63) is 12.2 Å². The number of hydrogen-bond donors (Lipinski definition) is 3. The van der Waals surface area contributed by atoms with E-state index in [2.05, 4.69) is 11.9 Å². The molecule has 0 aromatic rings. The lowest BCUT2D eigenvalue weighted by Crippen LogP contribution is -2.50. The van der Waals surface area contributed by atoms with Crippen LogP contribution in [0.4, 0.5) is 4.79 Å². The first-order valence-electron chi connectivity index (χ1n) is 8.45. The van der Waals surface area contributed by atoms with Crippen LogP contribution in [0.15, 0.2) is 12.2 Å². The van der Waals surface area contributed by atoms with Gasteiger partial charge in [0.05, 0.1) is 12.0 Å². The Hall–Kier alpha value is -2.05. The minimum absolute atomic E-state index is 0.0216. The predicted octanol–water partition coefficient (Wildman–Crippen LogP) is 0.600. The van der Waals surface area contributed by atoms with Gasteiger partial charge in [0.2, 0.25) is 0 Å². The molecular formula is C16H26BN3O5. The summed E-state index contributed by atoms with van der Waals surface area (Å²) in [4.78, 5) is 25.6. The number of nitrogens with one attached hydrogen (secondary N) is 1. The van der Waals surface area contributed by atoms with Gasteiger partial charge in [0.1, 0.15) is 18.2 Å². The van der Waals surface area contributed by atoms with Gasteiger partial charge in [0.25, 0.3) is 5.91 Å². The summed E-state index contributed by atoms with van der Waals surface area (Å²) in [6.45, 7) is 7.70. The third kappa shape index (κ3) is 6.76. The van der Waals surface area contributed by atoms with Crippen LogP contribution in [0.3, 0.4) is 0 Å². The summed E-state index contributed by atoms with van der Waals surface area (Å²) in [5.74, 6) is -1.11. The highest BCUT2D eigenvalue weighted by molar-refractivity contribution is 6.43. The number of ether oxygens (including phenoxy) is 1. The molecule has 0 saturated carbocycles. The van der Waals surface area contributed by atoms with E-state index in [0.29, 0.717) is 19.4 Å². The number of nitriles is 1. The Balaban J connectivity index is 2.58. The second-order valence-electron chi connectivity index (χ2n) is 6.63. The third-order valence-electron chi connectivity index (χ3n) is 4.08. The van der Waals surface area contributed by atoms with Crippen LogP contribution in [0.2, 0.25) is 0 Å². The summed E-state index contributed by atoms with van der Waals surface area (Å²) >= 11 is 0. The SMILES string of the molecule is C=C(C#N)C(=O)N1CCCC[C@@H]1COC(=O)N[C@@H](CC(C)C)B(O)O. The van der Waals surface area contributed by atoms with E-state index in [0.717, 1.165) is 12.8 Å². The smallest absolute Gasteiger partial charge is 0.447 e. The highest BCUT2D eigenvalue weighted by atomic mass is 16.5. The van der Waals surface area contributed by atoms with Gasteiger partial charge in [0, 0.05) is 6.54 Å². The van der Waals surface area contributed by atoms with Gasteiger partial charge in [-0.15, -0.1) is 0 Å². The second-order valence-corrected chi connectivity index (χ2v) is 6.63. The molecule has 0 radical (unpaired) electrons. The second kappa shape index (κ2) is 10.1. The zero-order valence-corrected chi connectivity index (χ0v) is 14.8. The summed E-state index contributed by atoms with van der Waals surface area (Å²) < 4.78 is 5.16. The van der Waals surface area contributed by atoms with Crippen LogP contribution in [-0.2, 0) is 9.53 Å². The minimum Gasteiger partial charge on any atom is -0.447 e. The van der Waals surface area contributed by atoms with Crippen molar-refractivity contribution in [1.29, 1.82) is 5.26 Å². The molecule has 2 atom stereocenters. The van der Waals surface area contributed by atoms with Crippen molar-refractivity contribution >= 4 is 19.1 Å². The fraction of sp³-hybridized carbons (Fsp3) is 0.688. The molecule has 8 nitrogen and oxygen atoms in total. The number of carbonyl (C=O) groups excluding carboxylic acids is 2. The van der Waals surface area contributed by atoms with Crippen molar-refractivity contribution < 1.29 is 24.4 Å². The maximum atomic E-state index is 12.2. The summed E-state index contributed by atoms with van der Waals surface area (Å²) in [6.07, 6.45) is 2.00. The van der Waals surface area contributed by atoms with E-state index < -0.39 is 25.1 Å². The Labute approximate surface area is 148 Å². The van der Waals surface area contributed by atoms with E-state index in [-0.39, 0.29) is 24.1 Å². The van der Waals surface area contributed by atoms with Crippen LogP contribution in [0.1, 0.15) is 39.5 Å². The quantitative estimate of drug-likeness (QED) is 0.351. The van der Waals surface area contributed by atoms with Crippen LogP contribution in [0, 0.1) is 17.2 Å². The Morgan fingerprint density at radius 2 is 2.12 bits per heavy atom.